The van der Waals surface area contributed by atoms with Crippen molar-refractivity contribution in [3.05, 3.63) is 69.0 Å². The highest BCUT2D eigenvalue weighted by Gasteiger charge is 2.14. The maximum absolute atomic E-state index is 13.4. The van der Waals surface area contributed by atoms with Gasteiger partial charge in [-0.25, -0.2) is 4.39 Å². The summed E-state index contributed by atoms with van der Waals surface area (Å²) >= 11 is 6.10. The van der Waals surface area contributed by atoms with Crippen LogP contribution in [-0.4, -0.2) is 0 Å². The Morgan fingerprint density at radius 1 is 1.05 bits per heavy atom. The van der Waals surface area contributed by atoms with Gasteiger partial charge in [0.15, 0.2) is 0 Å². The van der Waals surface area contributed by atoms with E-state index in [-0.39, 0.29) is 11.9 Å². The van der Waals surface area contributed by atoms with Crippen LogP contribution in [0.3, 0.4) is 0 Å². The lowest BCUT2D eigenvalue weighted by Gasteiger charge is -2.16. The van der Waals surface area contributed by atoms with Crippen molar-refractivity contribution in [1.29, 1.82) is 0 Å². The Bertz CT molecular complexity index is 637. The number of halogens is 2. The van der Waals surface area contributed by atoms with E-state index >= 15 is 0 Å². The van der Waals surface area contributed by atoms with E-state index < -0.39 is 0 Å². The molecular formula is C17H19ClFN. The lowest BCUT2D eigenvalue weighted by Crippen LogP contribution is -2.14. The van der Waals surface area contributed by atoms with Gasteiger partial charge in [-0.2, -0.15) is 0 Å². The third-order valence-electron chi connectivity index (χ3n) is 3.70. The zero-order valence-corrected chi connectivity index (χ0v) is 12.8. The molecule has 0 aliphatic heterocycles. The first kappa shape index (κ1) is 15.0. The van der Waals surface area contributed by atoms with Crippen molar-refractivity contribution in [1.82, 2.24) is 0 Å². The van der Waals surface area contributed by atoms with Crippen LogP contribution in [0.15, 0.2) is 30.3 Å². The lowest BCUT2D eigenvalue weighted by molar-refractivity contribution is 0.615. The summed E-state index contributed by atoms with van der Waals surface area (Å²) < 4.78 is 13.4. The van der Waals surface area contributed by atoms with Gasteiger partial charge in [-0.3, -0.25) is 0 Å². The topological polar surface area (TPSA) is 26.0 Å². The molecule has 20 heavy (non-hydrogen) atoms. The van der Waals surface area contributed by atoms with Gasteiger partial charge in [0, 0.05) is 11.1 Å². The van der Waals surface area contributed by atoms with Crippen LogP contribution in [0.25, 0.3) is 0 Å². The van der Waals surface area contributed by atoms with Crippen LogP contribution < -0.4 is 5.73 Å². The molecule has 1 unspecified atom stereocenters. The number of aryl methyl sites for hydroxylation is 3. The second-order valence-electron chi connectivity index (χ2n) is 5.35. The molecule has 1 atom stereocenters. The Morgan fingerprint density at radius 3 is 2.40 bits per heavy atom. The fourth-order valence-corrected chi connectivity index (χ4v) is 2.55. The molecule has 0 saturated carbocycles. The molecule has 1 nitrogen and oxygen atoms in total. The largest absolute Gasteiger partial charge is 0.324 e. The molecule has 2 aromatic carbocycles. The molecule has 0 aromatic heterocycles. The van der Waals surface area contributed by atoms with Crippen molar-refractivity contribution in [3.63, 3.8) is 0 Å². The van der Waals surface area contributed by atoms with Crippen LogP contribution in [-0.2, 0) is 6.42 Å². The fourth-order valence-electron chi connectivity index (χ4n) is 2.26. The first-order valence-corrected chi connectivity index (χ1v) is 7.03. The zero-order valence-electron chi connectivity index (χ0n) is 12.0. The predicted octanol–water partition coefficient (Wildman–Crippen LogP) is 4.65. The van der Waals surface area contributed by atoms with Gasteiger partial charge in [-0.05, 0) is 61.1 Å². The van der Waals surface area contributed by atoms with E-state index in [1.165, 1.54) is 22.8 Å². The lowest BCUT2D eigenvalue weighted by atomic mass is 9.96. The van der Waals surface area contributed by atoms with E-state index in [0.29, 0.717) is 17.0 Å². The minimum atomic E-state index is -0.294. The summed E-state index contributed by atoms with van der Waals surface area (Å²) in [5, 5.41) is 0.393. The Morgan fingerprint density at radius 2 is 1.75 bits per heavy atom. The number of nitrogens with two attached hydrogens (primary N) is 1. The summed E-state index contributed by atoms with van der Waals surface area (Å²) in [6.45, 7) is 5.89. The average Bonchev–Trinajstić information content (AvgIpc) is 2.38. The number of rotatable bonds is 3. The van der Waals surface area contributed by atoms with E-state index in [2.05, 4.69) is 32.0 Å². The van der Waals surface area contributed by atoms with Gasteiger partial charge in [-0.1, -0.05) is 35.9 Å². The summed E-state index contributed by atoms with van der Waals surface area (Å²) in [4.78, 5) is 0. The van der Waals surface area contributed by atoms with Gasteiger partial charge in [0.05, 0.1) is 0 Å². The van der Waals surface area contributed by atoms with Crippen molar-refractivity contribution >= 4 is 11.6 Å². The zero-order chi connectivity index (χ0) is 14.9. The Labute approximate surface area is 124 Å². The molecule has 3 heteroatoms. The average molecular weight is 292 g/mol. The molecule has 0 amide bonds. The highest BCUT2D eigenvalue weighted by molar-refractivity contribution is 6.31. The summed E-state index contributed by atoms with van der Waals surface area (Å²) in [6.07, 6.45) is 0.686. The monoisotopic (exact) mass is 291 g/mol. The van der Waals surface area contributed by atoms with Gasteiger partial charge >= 0.3 is 0 Å². The molecule has 106 valence electrons. The number of hydrogen-bond acceptors (Lipinski definition) is 1. The summed E-state index contributed by atoms with van der Waals surface area (Å²) in [6, 6.07) is 9.15. The highest BCUT2D eigenvalue weighted by atomic mass is 35.5. The second kappa shape index (κ2) is 5.94. The van der Waals surface area contributed by atoms with Crippen molar-refractivity contribution in [3.8, 4) is 0 Å². The van der Waals surface area contributed by atoms with E-state index in [1.54, 1.807) is 13.0 Å². The Kier molecular flexibility index (Phi) is 4.46. The molecule has 0 bridgehead atoms. The molecule has 2 N–H and O–H groups in total. The van der Waals surface area contributed by atoms with Gasteiger partial charge in [-0.15, -0.1) is 0 Å². The quantitative estimate of drug-likeness (QED) is 0.875. The molecule has 0 aliphatic carbocycles. The molecule has 0 fully saturated rings. The summed E-state index contributed by atoms with van der Waals surface area (Å²) in [5.41, 5.74) is 11.3. The van der Waals surface area contributed by atoms with Crippen LogP contribution in [0.2, 0.25) is 5.02 Å². The minimum Gasteiger partial charge on any atom is -0.324 e. The molecule has 2 rings (SSSR count). The van der Waals surface area contributed by atoms with Crippen LogP contribution in [0.4, 0.5) is 4.39 Å². The standard InChI is InChI=1S/C17H19ClFN/c1-10-4-5-13(6-11(10)2)8-17(20)14-7-12(3)16(19)9-15(14)18/h4-7,9,17H,8,20H2,1-3H3. The molecule has 2 aromatic rings. The molecule has 0 heterocycles. The summed E-state index contributed by atoms with van der Waals surface area (Å²) in [7, 11) is 0. The van der Waals surface area contributed by atoms with Crippen LogP contribution in [0, 0.1) is 26.6 Å². The molecule has 0 saturated heterocycles. The fraction of sp³-hybridized carbons (Fsp3) is 0.294. The van der Waals surface area contributed by atoms with E-state index in [4.69, 9.17) is 17.3 Å². The Hall–Kier alpha value is -1.38. The minimum absolute atomic E-state index is 0.232. The van der Waals surface area contributed by atoms with Crippen molar-refractivity contribution in [2.75, 3.05) is 0 Å². The van der Waals surface area contributed by atoms with Crippen LogP contribution >= 0.6 is 11.6 Å². The highest BCUT2D eigenvalue weighted by Crippen LogP contribution is 2.27. The van der Waals surface area contributed by atoms with Crippen molar-refractivity contribution < 1.29 is 4.39 Å². The third-order valence-corrected chi connectivity index (χ3v) is 4.03. The normalized spacial score (nSPS) is 12.5. The SMILES string of the molecule is Cc1ccc(CC(N)c2cc(C)c(F)cc2Cl)cc1C. The molecule has 0 aliphatic rings. The van der Waals surface area contributed by atoms with Gasteiger partial charge in [0.2, 0.25) is 0 Å². The van der Waals surface area contributed by atoms with E-state index in [9.17, 15) is 4.39 Å². The molecule has 0 spiro atoms. The molecule has 0 radical (unpaired) electrons. The van der Waals surface area contributed by atoms with Gasteiger partial charge in [0.25, 0.3) is 0 Å². The number of benzene rings is 2. The number of hydrogen-bond donors (Lipinski definition) is 1. The van der Waals surface area contributed by atoms with Crippen LogP contribution in [0.5, 0.6) is 0 Å². The first-order chi connectivity index (χ1) is 9.38. The van der Waals surface area contributed by atoms with Gasteiger partial charge < -0.3 is 5.73 Å². The molecular weight excluding hydrogens is 273 g/mol. The van der Waals surface area contributed by atoms with E-state index in [1.807, 2.05) is 0 Å². The third kappa shape index (κ3) is 3.20. The predicted molar refractivity (Wildman–Crippen MR) is 82.7 cm³/mol. The second-order valence-corrected chi connectivity index (χ2v) is 5.76. The maximum Gasteiger partial charge on any atom is 0.127 e. The van der Waals surface area contributed by atoms with Crippen LogP contribution in [0.1, 0.15) is 33.9 Å². The van der Waals surface area contributed by atoms with Gasteiger partial charge in [0.1, 0.15) is 5.82 Å². The van der Waals surface area contributed by atoms with Crippen molar-refractivity contribution in [2.45, 2.75) is 33.2 Å². The Balaban J connectivity index is 2.25. The maximum atomic E-state index is 13.4. The smallest absolute Gasteiger partial charge is 0.127 e. The summed E-state index contributed by atoms with van der Waals surface area (Å²) in [5.74, 6) is -0.294. The first-order valence-electron chi connectivity index (χ1n) is 6.65. The van der Waals surface area contributed by atoms with E-state index in [0.717, 1.165) is 5.56 Å². The van der Waals surface area contributed by atoms with Crippen molar-refractivity contribution in [2.24, 2.45) is 5.73 Å².